The molecule has 0 saturated heterocycles. The maximum atomic E-state index is 12.5. The van der Waals surface area contributed by atoms with Gasteiger partial charge in [0.05, 0.1) is 19.4 Å². The molecule has 0 bridgehead atoms. The quantitative estimate of drug-likeness (QED) is 0.612. The van der Waals surface area contributed by atoms with E-state index in [0.29, 0.717) is 0 Å². The van der Waals surface area contributed by atoms with Gasteiger partial charge in [0.2, 0.25) is 0 Å². The fourth-order valence-electron chi connectivity index (χ4n) is 3.18. The van der Waals surface area contributed by atoms with Gasteiger partial charge in [0.1, 0.15) is 17.5 Å². The highest BCUT2D eigenvalue weighted by Crippen LogP contribution is 2.35. The second-order valence-electron chi connectivity index (χ2n) is 8.35. The summed E-state index contributed by atoms with van der Waals surface area (Å²) in [6.45, 7) is 13.2. The third-order valence-corrected chi connectivity index (χ3v) is 4.32. The van der Waals surface area contributed by atoms with Crippen molar-refractivity contribution < 1.29 is 23.8 Å². The predicted octanol–water partition coefficient (Wildman–Crippen LogP) is 4.73. The molecule has 0 aliphatic rings. The zero-order chi connectivity index (χ0) is 20.8. The van der Waals surface area contributed by atoms with Crippen LogP contribution in [0.1, 0.15) is 66.4 Å². The molecule has 5 nitrogen and oxygen atoms in total. The van der Waals surface area contributed by atoms with Crippen LogP contribution in [0.5, 0.6) is 5.75 Å². The van der Waals surface area contributed by atoms with Gasteiger partial charge in [-0.25, -0.2) is 0 Å². The molecule has 0 heterocycles. The SMILES string of the molecule is COc1ccccc1[C@H](C(C)C)[C@H](C)OC(=O)[C@H](C)CC(=O)OC(C)(C)C. The standard InChI is InChI=1S/C22H34O5/c1-14(2)20(17-11-9-10-12-18(17)25-8)16(4)26-21(24)15(3)13-19(23)27-22(5,6)7/h9-12,14-16,20H,13H2,1-8H3/t15-,16+,20-/m1/s1. The van der Waals surface area contributed by atoms with E-state index in [-0.39, 0.29) is 24.4 Å². The topological polar surface area (TPSA) is 61.8 Å². The van der Waals surface area contributed by atoms with Crippen LogP contribution in [0.25, 0.3) is 0 Å². The fourth-order valence-corrected chi connectivity index (χ4v) is 3.18. The van der Waals surface area contributed by atoms with E-state index >= 15 is 0 Å². The summed E-state index contributed by atoms with van der Waals surface area (Å²) in [4.78, 5) is 24.5. The van der Waals surface area contributed by atoms with Crippen LogP contribution in [0.2, 0.25) is 0 Å². The second kappa shape index (κ2) is 9.77. The summed E-state index contributed by atoms with van der Waals surface area (Å²) in [7, 11) is 1.63. The Morgan fingerprint density at radius 2 is 1.63 bits per heavy atom. The Hall–Kier alpha value is -2.04. The van der Waals surface area contributed by atoms with Crippen LogP contribution in [0.4, 0.5) is 0 Å². The molecule has 0 fully saturated rings. The average molecular weight is 379 g/mol. The molecule has 0 unspecified atom stereocenters. The van der Waals surface area contributed by atoms with E-state index in [1.54, 1.807) is 34.8 Å². The van der Waals surface area contributed by atoms with Gasteiger partial charge in [-0.2, -0.15) is 0 Å². The van der Waals surface area contributed by atoms with E-state index in [9.17, 15) is 9.59 Å². The van der Waals surface area contributed by atoms with Crippen molar-refractivity contribution in [2.75, 3.05) is 7.11 Å². The zero-order valence-corrected chi connectivity index (χ0v) is 17.9. The molecule has 5 heteroatoms. The van der Waals surface area contributed by atoms with Gasteiger partial charge in [-0.15, -0.1) is 0 Å². The molecule has 0 radical (unpaired) electrons. The Morgan fingerprint density at radius 1 is 1.04 bits per heavy atom. The molecule has 0 aliphatic heterocycles. The van der Waals surface area contributed by atoms with Crippen LogP contribution in [0.15, 0.2) is 24.3 Å². The van der Waals surface area contributed by atoms with Crippen molar-refractivity contribution in [3.8, 4) is 5.75 Å². The lowest BCUT2D eigenvalue weighted by Gasteiger charge is -2.29. The van der Waals surface area contributed by atoms with Gasteiger partial charge in [-0.3, -0.25) is 9.59 Å². The van der Waals surface area contributed by atoms with Crippen molar-refractivity contribution in [3.05, 3.63) is 29.8 Å². The summed E-state index contributed by atoms with van der Waals surface area (Å²) in [5.74, 6) is -0.351. The Balaban J connectivity index is 2.82. The minimum Gasteiger partial charge on any atom is -0.496 e. The number of hydrogen-bond acceptors (Lipinski definition) is 5. The monoisotopic (exact) mass is 378 g/mol. The zero-order valence-electron chi connectivity index (χ0n) is 17.9. The highest BCUT2D eigenvalue weighted by molar-refractivity contribution is 5.80. The number of ether oxygens (including phenoxy) is 3. The lowest BCUT2D eigenvalue weighted by atomic mass is 9.84. The molecule has 3 atom stereocenters. The first-order chi connectivity index (χ1) is 12.5. The number of carbonyl (C=O) groups excluding carboxylic acids is 2. The molecule has 0 aliphatic carbocycles. The Morgan fingerprint density at radius 3 is 2.15 bits per heavy atom. The first-order valence-electron chi connectivity index (χ1n) is 9.51. The number of esters is 2. The van der Waals surface area contributed by atoms with Crippen molar-refractivity contribution in [2.45, 2.75) is 72.5 Å². The minimum absolute atomic E-state index is 0.00380. The highest BCUT2D eigenvalue weighted by Gasteiger charge is 2.30. The van der Waals surface area contributed by atoms with Gasteiger partial charge in [0.25, 0.3) is 0 Å². The van der Waals surface area contributed by atoms with E-state index in [0.717, 1.165) is 11.3 Å². The van der Waals surface area contributed by atoms with Crippen molar-refractivity contribution in [3.63, 3.8) is 0 Å². The number of methoxy groups -OCH3 is 1. The minimum atomic E-state index is -0.569. The summed E-state index contributed by atoms with van der Waals surface area (Å²) >= 11 is 0. The Kier molecular flexibility index (Phi) is 8.32. The van der Waals surface area contributed by atoms with E-state index in [1.165, 1.54) is 0 Å². The number of hydrogen-bond donors (Lipinski definition) is 0. The fraction of sp³-hybridized carbons (Fsp3) is 0.636. The van der Waals surface area contributed by atoms with Crippen molar-refractivity contribution in [1.29, 1.82) is 0 Å². The molecule has 0 amide bonds. The summed E-state index contributed by atoms with van der Waals surface area (Å²) < 4.78 is 16.5. The van der Waals surface area contributed by atoms with Crippen LogP contribution >= 0.6 is 0 Å². The van der Waals surface area contributed by atoms with E-state index in [1.807, 2.05) is 31.2 Å². The van der Waals surface area contributed by atoms with Crippen molar-refractivity contribution in [2.24, 2.45) is 11.8 Å². The molecule has 27 heavy (non-hydrogen) atoms. The van der Waals surface area contributed by atoms with Gasteiger partial charge in [-0.05, 0) is 39.7 Å². The highest BCUT2D eigenvalue weighted by atomic mass is 16.6. The molecule has 0 spiro atoms. The third kappa shape index (κ3) is 7.24. The lowest BCUT2D eigenvalue weighted by molar-refractivity contribution is -0.163. The first-order valence-corrected chi connectivity index (χ1v) is 9.51. The molecule has 0 saturated carbocycles. The van der Waals surface area contributed by atoms with Gasteiger partial charge in [-0.1, -0.05) is 39.0 Å². The maximum absolute atomic E-state index is 12.5. The van der Waals surface area contributed by atoms with Crippen LogP contribution in [0.3, 0.4) is 0 Å². The van der Waals surface area contributed by atoms with Crippen molar-refractivity contribution in [1.82, 2.24) is 0 Å². The molecule has 1 rings (SSSR count). The second-order valence-corrected chi connectivity index (χ2v) is 8.35. The summed E-state index contributed by atoms with van der Waals surface area (Å²) in [6, 6.07) is 7.77. The molecule has 1 aromatic carbocycles. The maximum Gasteiger partial charge on any atom is 0.309 e. The predicted molar refractivity (Wildman–Crippen MR) is 106 cm³/mol. The van der Waals surface area contributed by atoms with Crippen LogP contribution in [-0.4, -0.2) is 30.8 Å². The number of rotatable bonds is 8. The number of benzene rings is 1. The molecule has 1 aromatic rings. The van der Waals surface area contributed by atoms with Gasteiger partial charge < -0.3 is 14.2 Å². The normalized spacial score (nSPS) is 15.0. The Bertz CT molecular complexity index is 630. The van der Waals surface area contributed by atoms with E-state index in [2.05, 4.69) is 13.8 Å². The van der Waals surface area contributed by atoms with Crippen molar-refractivity contribution >= 4 is 11.9 Å². The first kappa shape index (κ1) is 23.0. The summed E-state index contributed by atoms with van der Waals surface area (Å²) in [6.07, 6.45) is -0.348. The third-order valence-electron chi connectivity index (χ3n) is 4.32. The number of carbonyl (C=O) groups is 2. The summed E-state index contributed by atoms with van der Waals surface area (Å²) in [5, 5.41) is 0. The summed E-state index contributed by atoms with van der Waals surface area (Å²) in [5.41, 5.74) is 0.440. The van der Waals surface area contributed by atoms with E-state index < -0.39 is 23.5 Å². The molecule has 0 N–H and O–H groups in total. The van der Waals surface area contributed by atoms with Gasteiger partial charge in [0.15, 0.2) is 0 Å². The molecular formula is C22H34O5. The smallest absolute Gasteiger partial charge is 0.309 e. The van der Waals surface area contributed by atoms with Crippen LogP contribution in [-0.2, 0) is 19.1 Å². The average Bonchev–Trinajstić information content (AvgIpc) is 2.53. The van der Waals surface area contributed by atoms with Crippen LogP contribution < -0.4 is 4.74 Å². The van der Waals surface area contributed by atoms with Gasteiger partial charge >= 0.3 is 11.9 Å². The van der Waals surface area contributed by atoms with Crippen LogP contribution in [0, 0.1) is 11.8 Å². The van der Waals surface area contributed by atoms with Gasteiger partial charge in [0, 0.05) is 11.5 Å². The molecular weight excluding hydrogens is 344 g/mol. The number of para-hydroxylation sites is 1. The Labute approximate surface area is 163 Å². The molecule has 0 aromatic heterocycles. The largest absolute Gasteiger partial charge is 0.496 e. The molecule has 152 valence electrons. The van der Waals surface area contributed by atoms with E-state index in [4.69, 9.17) is 14.2 Å². The lowest BCUT2D eigenvalue weighted by Crippen LogP contribution is -2.31.